The number of nitrogens with zero attached hydrogens (tertiary/aromatic N) is 2. The van der Waals surface area contributed by atoms with Crippen LogP contribution < -0.4 is 4.74 Å². The number of rotatable bonds is 2. The van der Waals surface area contributed by atoms with Gasteiger partial charge >= 0.3 is 0 Å². The summed E-state index contributed by atoms with van der Waals surface area (Å²) in [5.74, 6) is -1.09. The fraction of sp³-hybridized carbons (Fsp3) is 0.111. The molecule has 3 aromatic rings. The number of ether oxygens (including phenoxy) is 2. The van der Waals surface area contributed by atoms with Crippen molar-refractivity contribution in [3.8, 4) is 17.0 Å². The molecule has 2 aromatic carbocycles. The Morgan fingerprint density at radius 3 is 2.71 bits per heavy atom. The fourth-order valence-corrected chi connectivity index (χ4v) is 2.51. The van der Waals surface area contributed by atoms with Gasteiger partial charge in [0.2, 0.25) is 6.29 Å². The molecule has 0 saturated heterocycles. The van der Waals surface area contributed by atoms with Gasteiger partial charge in [-0.25, -0.2) is 18.7 Å². The van der Waals surface area contributed by atoms with Crippen LogP contribution in [0.4, 0.5) is 8.78 Å². The molecule has 0 aliphatic carbocycles. The average molecular weight is 326 g/mol. The first-order chi connectivity index (χ1) is 11.7. The van der Waals surface area contributed by atoms with Crippen LogP contribution in [0.3, 0.4) is 0 Å². The molecule has 24 heavy (non-hydrogen) atoms. The molecule has 0 amide bonds. The minimum Gasteiger partial charge on any atom is -0.459 e. The van der Waals surface area contributed by atoms with Gasteiger partial charge in [0, 0.05) is 11.1 Å². The van der Waals surface area contributed by atoms with Gasteiger partial charge in [-0.2, -0.15) is 0 Å². The Morgan fingerprint density at radius 2 is 1.83 bits per heavy atom. The lowest BCUT2D eigenvalue weighted by molar-refractivity contribution is -0.114. The minimum absolute atomic E-state index is 0.408. The zero-order chi connectivity index (χ0) is 16.5. The lowest BCUT2D eigenvalue weighted by Crippen LogP contribution is -2.19. The van der Waals surface area contributed by atoms with E-state index in [1.54, 1.807) is 6.07 Å². The maximum atomic E-state index is 13.4. The van der Waals surface area contributed by atoms with E-state index < -0.39 is 17.9 Å². The van der Waals surface area contributed by atoms with Crippen molar-refractivity contribution in [2.24, 2.45) is 0 Å². The molecule has 0 spiro atoms. The van der Waals surface area contributed by atoms with Crippen molar-refractivity contribution >= 4 is 0 Å². The van der Waals surface area contributed by atoms with Crippen molar-refractivity contribution in [1.29, 1.82) is 0 Å². The summed E-state index contributed by atoms with van der Waals surface area (Å²) < 4.78 is 38.0. The summed E-state index contributed by atoms with van der Waals surface area (Å²) in [6.45, 7) is 0.408. The van der Waals surface area contributed by atoms with Gasteiger partial charge in [0.15, 0.2) is 11.6 Å². The van der Waals surface area contributed by atoms with Crippen molar-refractivity contribution in [2.75, 3.05) is 0 Å². The summed E-state index contributed by atoms with van der Waals surface area (Å²) in [6, 6.07) is 12.9. The van der Waals surface area contributed by atoms with Crippen LogP contribution in [-0.4, -0.2) is 9.97 Å². The number of halogens is 2. The SMILES string of the molecule is Fc1ccc(-c2cc(C3OCc4ccccc4O3)ncn2)cc1F. The molecule has 4 nitrogen and oxygen atoms in total. The maximum absolute atomic E-state index is 13.4. The van der Waals surface area contributed by atoms with E-state index in [1.165, 1.54) is 12.4 Å². The lowest BCUT2D eigenvalue weighted by Gasteiger charge is -2.25. The van der Waals surface area contributed by atoms with Gasteiger partial charge in [-0.1, -0.05) is 18.2 Å². The molecule has 2 heterocycles. The van der Waals surface area contributed by atoms with Crippen LogP contribution in [0.25, 0.3) is 11.3 Å². The predicted molar refractivity (Wildman–Crippen MR) is 82.0 cm³/mol. The van der Waals surface area contributed by atoms with E-state index in [-0.39, 0.29) is 0 Å². The number of fused-ring (bicyclic) bond motifs is 1. The molecule has 1 aliphatic rings. The predicted octanol–water partition coefficient (Wildman–Crippen LogP) is 4.03. The molecule has 0 N–H and O–H groups in total. The first-order valence-corrected chi connectivity index (χ1v) is 7.34. The van der Waals surface area contributed by atoms with E-state index in [0.29, 0.717) is 23.6 Å². The molecular weight excluding hydrogens is 314 g/mol. The van der Waals surface area contributed by atoms with Gasteiger partial charge < -0.3 is 9.47 Å². The van der Waals surface area contributed by atoms with Gasteiger partial charge in [0.1, 0.15) is 17.8 Å². The third kappa shape index (κ3) is 2.72. The zero-order valence-electron chi connectivity index (χ0n) is 12.4. The highest BCUT2D eigenvalue weighted by molar-refractivity contribution is 5.59. The van der Waals surface area contributed by atoms with Crippen LogP contribution in [0.2, 0.25) is 0 Å². The summed E-state index contributed by atoms with van der Waals surface area (Å²) in [5.41, 5.74) is 2.39. The van der Waals surface area contributed by atoms with Crippen LogP contribution in [0.15, 0.2) is 54.9 Å². The largest absolute Gasteiger partial charge is 0.459 e. The molecule has 6 heteroatoms. The van der Waals surface area contributed by atoms with Crippen molar-refractivity contribution in [3.05, 3.63) is 77.8 Å². The molecule has 4 rings (SSSR count). The first-order valence-electron chi connectivity index (χ1n) is 7.34. The third-order valence-corrected chi connectivity index (χ3v) is 3.74. The summed E-state index contributed by atoms with van der Waals surface area (Å²) in [7, 11) is 0. The summed E-state index contributed by atoms with van der Waals surface area (Å²) >= 11 is 0. The average Bonchev–Trinajstić information content (AvgIpc) is 2.64. The molecule has 1 aliphatic heterocycles. The third-order valence-electron chi connectivity index (χ3n) is 3.74. The van der Waals surface area contributed by atoms with Crippen molar-refractivity contribution in [1.82, 2.24) is 9.97 Å². The van der Waals surface area contributed by atoms with E-state index in [0.717, 1.165) is 23.4 Å². The molecule has 0 radical (unpaired) electrons. The number of benzene rings is 2. The second-order valence-electron chi connectivity index (χ2n) is 5.33. The smallest absolute Gasteiger partial charge is 0.244 e. The van der Waals surface area contributed by atoms with E-state index in [2.05, 4.69) is 9.97 Å². The van der Waals surface area contributed by atoms with Crippen molar-refractivity contribution in [3.63, 3.8) is 0 Å². The van der Waals surface area contributed by atoms with Crippen LogP contribution in [0.1, 0.15) is 17.5 Å². The molecule has 0 bridgehead atoms. The van der Waals surface area contributed by atoms with Gasteiger partial charge in [-0.05, 0) is 30.3 Å². The Hall–Kier alpha value is -2.86. The zero-order valence-corrected chi connectivity index (χ0v) is 12.4. The Bertz CT molecular complexity index is 902. The first kappa shape index (κ1) is 14.7. The molecular formula is C18H12F2N2O2. The lowest BCUT2D eigenvalue weighted by atomic mass is 10.1. The topological polar surface area (TPSA) is 44.2 Å². The van der Waals surface area contributed by atoms with Crippen LogP contribution in [0.5, 0.6) is 5.75 Å². The number of hydrogen-bond acceptors (Lipinski definition) is 4. The van der Waals surface area contributed by atoms with Crippen LogP contribution in [0, 0.1) is 11.6 Å². The highest BCUT2D eigenvalue weighted by atomic mass is 19.2. The molecule has 1 atom stereocenters. The Morgan fingerprint density at radius 1 is 0.958 bits per heavy atom. The van der Waals surface area contributed by atoms with E-state index in [9.17, 15) is 8.78 Å². The normalized spacial score (nSPS) is 16.3. The summed E-state index contributed by atoms with van der Waals surface area (Å²) in [6.07, 6.45) is 0.672. The second kappa shape index (κ2) is 5.98. The highest BCUT2D eigenvalue weighted by Crippen LogP contribution is 2.32. The van der Waals surface area contributed by atoms with Gasteiger partial charge in [0.05, 0.1) is 12.3 Å². The van der Waals surface area contributed by atoms with Gasteiger partial charge in [-0.15, -0.1) is 0 Å². The molecule has 1 unspecified atom stereocenters. The van der Waals surface area contributed by atoms with E-state index >= 15 is 0 Å². The van der Waals surface area contributed by atoms with Gasteiger partial charge in [-0.3, -0.25) is 0 Å². The molecule has 1 aromatic heterocycles. The summed E-state index contributed by atoms with van der Waals surface area (Å²) in [5, 5.41) is 0. The van der Waals surface area contributed by atoms with E-state index in [1.807, 2.05) is 24.3 Å². The second-order valence-corrected chi connectivity index (χ2v) is 5.33. The Balaban J connectivity index is 1.65. The Labute approximate surface area is 136 Å². The monoisotopic (exact) mass is 326 g/mol. The quantitative estimate of drug-likeness (QED) is 0.713. The van der Waals surface area contributed by atoms with Crippen molar-refractivity contribution in [2.45, 2.75) is 12.9 Å². The standard InChI is InChI=1S/C18H12F2N2O2/c19-13-6-5-11(7-14(13)20)15-8-16(22-10-21-15)18-23-9-12-3-1-2-4-17(12)24-18/h1-8,10,18H,9H2. The summed E-state index contributed by atoms with van der Waals surface area (Å²) in [4.78, 5) is 8.28. The van der Waals surface area contributed by atoms with Gasteiger partial charge in [0.25, 0.3) is 0 Å². The molecule has 120 valence electrons. The highest BCUT2D eigenvalue weighted by Gasteiger charge is 2.23. The van der Waals surface area contributed by atoms with Crippen LogP contribution in [-0.2, 0) is 11.3 Å². The Kier molecular flexibility index (Phi) is 3.66. The van der Waals surface area contributed by atoms with Crippen molar-refractivity contribution < 1.29 is 18.3 Å². The number of hydrogen-bond donors (Lipinski definition) is 0. The van der Waals surface area contributed by atoms with E-state index in [4.69, 9.17) is 9.47 Å². The number of aromatic nitrogens is 2. The molecule has 0 saturated carbocycles. The number of para-hydroxylation sites is 1. The maximum Gasteiger partial charge on any atom is 0.244 e. The fourth-order valence-electron chi connectivity index (χ4n) is 2.51. The van der Waals surface area contributed by atoms with Crippen LogP contribution >= 0.6 is 0 Å². The minimum atomic E-state index is -0.924. The molecule has 0 fully saturated rings.